The van der Waals surface area contributed by atoms with Crippen LogP contribution in [0.2, 0.25) is 5.02 Å². The van der Waals surface area contributed by atoms with Crippen molar-refractivity contribution in [3.63, 3.8) is 0 Å². The Labute approximate surface area is 126 Å². The third-order valence-electron chi connectivity index (χ3n) is 3.43. The number of rotatable bonds is 5. The zero-order valence-electron chi connectivity index (χ0n) is 11.5. The zero-order valence-corrected chi connectivity index (χ0v) is 12.2. The first-order chi connectivity index (χ1) is 10.0. The van der Waals surface area contributed by atoms with Crippen molar-refractivity contribution >= 4 is 11.6 Å². The molecule has 0 aromatic heterocycles. The van der Waals surface area contributed by atoms with Crippen molar-refractivity contribution in [2.75, 3.05) is 7.05 Å². The summed E-state index contributed by atoms with van der Waals surface area (Å²) in [5.74, 6) is -1.62. The highest BCUT2D eigenvalue weighted by Crippen LogP contribution is 2.22. The normalized spacial score (nSPS) is 12.4. The molecule has 0 bridgehead atoms. The van der Waals surface area contributed by atoms with Gasteiger partial charge < -0.3 is 5.32 Å². The van der Waals surface area contributed by atoms with Crippen LogP contribution in [0.25, 0.3) is 0 Å². The number of nitrogens with one attached hydrogen (secondary N) is 1. The maximum absolute atomic E-state index is 13.8. The van der Waals surface area contributed by atoms with Gasteiger partial charge in [-0.05, 0) is 44.2 Å². The number of likely N-dealkylation sites (N-methyl/N-ethyl adjacent to an activating group) is 1. The van der Waals surface area contributed by atoms with Crippen LogP contribution in [0.15, 0.2) is 36.4 Å². The number of hydrogen-bond donors (Lipinski definition) is 1. The molecule has 1 atom stereocenters. The first kappa shape index (κ1) is 15.9. The monoisotopic (exact) mass is 313 g/mol. The number of halogens is 4. The molecular weight excluding hydrogens is 299 g/mol. The second-order valence-electron chi connectivity index (χ2n) is 4.79. The minimum absolute atomic E-state index is 0.00990. The fourth-order valence-corrected chi connectivity index (χ4v) is 2.46. The third-order valence-corrected chi connectivity index (χ3v) is 3.79. The van der Waals surface area contributed by atoms with E-state index < -0.39 is 17.5 Å². The molecule has 1 unspecified atom stereocenters. The lowest BCUT2D eigenvalue weighted by Gasteiger charge is -2.18. The van der Waals surface area contributed by atoms with Crippen molar-refractivity contribution in [3.05, 3.63) is 70.0 Å². The lowest BCUT2D eigenvalue weighted by Crippen LogP contribution is -2.31. The Hall–Kier alpha value is -1.52. The highest BCUT2D eigenvalue weighted by atomic mass is 35.5. The van der Waals surface area contributed by atoms with Gasteiger partial charge in [0.2, 0.25) is 0 Å². The highest BCUT2D eigenvalue weighted by Gasteiger charge is 2.18. The van der Waals surface area contributed by atoms with Crippen molar-refractivity contribution in [1.82, 2.24) is 5.32 Å². The summed E-state index contributed by atoms with van der Waals surface area (Å²) in [4.78, 5) is 0. The molecule has 2 aromatic carbocycles. The SMILES string of the molecule is CNC(Cc1c(F)cccc1F)Cc1c(F)cccc1Cl. The molecule has 0 radical (unpaired) electrons. The van der Waals surface area contributed by atoms with E-state index in [0.29, 0.717) is 10.6 Å². The minimum Gasteiger partial charge on any atom is -0.316 e. The Balaban J connectivity index is 2.21. The van der Waals surface area contributed by atoms with Crippen LogP contribution < -0.4 is 5.32 Å². The molecule has 112 valence electrons. The molecule has 2 rings (SSSR count). The maximum atomic E-state index is 13.8. The standard InChI is InChI=1S/C16H15ClF3N/c1-21-10(8-11-13(17)4-2-5-14(11)18)9-12-15(19)6-3-7-16(12)20/h2-7,10,21H,8-9H2,1H3. The van der Waals surface area contributed by atoms with Gasteiger partial charge in [0.1, 0.15) is 17.5 Å². The van der Waals surface area contributed by atoms with E-state index in [9.17, 15) is 13.2 Å². The molecule has 0 fully saturated rings. The van der Waals surface area contributed by atoms with Crippen molar-refractivity contribution in [1.29, 1.82) is 0 Å². The summed E-state index contributed by atoms with van der Waals surface area (Å²) >= 11 is 5.98. The average Bonchev–Trinajstić information content (AvgIpc) is 2.45. The number of benzene rings is 2. The fourth-order valence-electron chi connectivity index (χ4n) is 2.22. The molecule has 2 aromatic rings. The predicted octanol–water partition coefficient (Wildman–Crippen LogP) is 4.13. The van der Waals surface area contributed by atoms with E-state index in [2.05, 4.69) is 5.32 Å². The molecule has 1 N–H and O–H groups in total. The van der Waals surface area contributed by atoms with E-state index >= 15 is 0 Å². The largest absolute Gasteiger partial charge is 0.316 e. The van der Waals surface area contributed by atoms with Crippen LogP contribution in [0, 0.1) is 17.5 Å². The topological polar surface area (TPSA) is 12.0 Å². The molecule has 0 heterocycles. The van der Waals surface area contributed by atoms with E-state index in [4.69, 9.17) is 11.6 Å². The van der Waals surface area contributed by atoms with E-state index in [1.807, 2.05) is 0 Å². The van der Waals surface area contributed by atoms with Crippen LogP contribution in [0.4, 0.5) is 13.2 Å². The van der Waals surface area contributed by atoms with Crippen LogP contribution >= 0.6 is 11.6 Å². The summed E-state index contributed by atoms with van der Waals surface area (Å²) in [6, 6.07) is 7.84. The van der Waals surface area contributed by atoms with Gasteiger partial charge in [-0.3, -0.25) is 0 Å². The summed E-state index contributed by atoms with van der Waals surface area (Å²) in [6.07, 6.45) is 0.357. The summed E-state index contributed by atoms with van der Waals surface area (Å²) in [6.45, 7) is 0. The van der Waals surface area contributed by atoms with Crippen molar-refractivity contribution < 1.29 is 13.2 Å². The molecule has 0 amide bonds. The van der Waals surface area contributed by atoms with Gasteiger partial charge in [0.05, 0.1) is 0 Å². The molecule has 0 saturated heterocycles. The molecule has 0 aliphatic carbocycles. The summed E-state index contributed by atoms with van der Waals surface area (Å²) in [7, 11) is 1.66. The fraction of sp³-hybridized carbons (Fsp3) is 0.250. The summed E-state index contributed by atoms with van der Waals surface area (Å²) in [5, 5.41) is 3.26. The van der Waals surface area contributed by atoms with Gasteiger partial charge >= 0.3 is 0 Å². The number of hydrogen-bond acceptors (Lipinski definition) is 1. The molecular formula is C16H15ClF3N. The van der Waals surface area contributed by atoms with Crippen LogP contribution in [0.1, 0.15) is 11.1 Å². The van der Waals surface area contributed by atoms with Crippen LogP contribution in [0.5, 0.6) is 0 Å². The molecule has 0 saturated carbocycles. The van der Waals surface area contributed by atoms with Gasteiger partial charge in [-0.15, -0.1) is 0 Å². The van der Waals surface area contributed by atoms with E-state index in [0.717, 1.165) is 0 Å². The van der Waals surface area contributed by atoms with Gasteiger partial charge in [0.25, 0.3) is 0 Å². The molecule has 0 spiro atoms. The Kier molecular flexibility index (Phi) is 5.26. The van der Waals surface area contributed by atoms with E-state index in [1.165, 1.54) is 30.3 Å². The molecule has 5 heteroatoms. The smallest absolute Gasteiger partial charge is 0.129 e. The molecule has 0 aliphatic heterocycles. The maximum Gasteiger partial charge on any atom is 0.129 e. The quantitative estimate of drug-likeness (QED) is 0.875. The van der Waals surface area contributed by atoms with Crippen LogP contribution in [0.3, 0.4) is 0 Å². The molecule has 21 heavy (non-hydrogen) atoms. The first-order valence-electron chi connectivity index (χ1n) is 6.56. The second-order valence-corrected chi connectivity index (χ2v) is 5.20. The van der Waals surface area contributed by atoms with Gasteiger partial charge in [0.15, 0.2) is 0 Å². The molecule has 1 nitrogen and oxygen atoms in total. The average molecular weight is 314 g/mol. The molecule has 0 aliphatic rings. The van der Waals surface area contributed by atoms with Gasteiger partial charge in [-0.1, -0.05) is 23.7 Å². The Morgan fingerprint density at radius 3 is 1.90 bits per heavy atom. The Morgan fingerprint density at radius 1 is 0.905 bits per heavy atom. The third kappa shape index (κ3) is 3.77. The van der Waals surface area contributed by atoms with Gasteiger partial charge in [-0.2, -0.15) is 0 Å². The summed E-state index contributed by atoms with van der Waals surface area (Å²) < 4.78 is 41.1. The highest BCUT2D eigenvalue weighted by molar-refractivity contribution is 6.31. The predicted molar refractivity (Wildman–Crippen MR) is 78.0 cm³/mol. The van der Waals surface area contributed by atoms with Crippen molar-refractivity contribution in [2.45, 2.75) is 18.9 Å². The van der Waals surface area contributed by atoms with Gasteiger partial charge in [-0.25, -0.2) is 13.2 Å². The Morgan fingerprint density at radius 2 is 1.38 bits per heavy atom. The van der Waals surface area contributed by atoms with Crippen molar-refractivity contribution in [3.8, 4) is 0 Å². The summed E-state index contributed by atoms with van der Waals surface area (Å²) in [5.41, 5.74) is 0.333. The first-order valence-corrected chi connectivity index (χ1v) is 6.93. The van der Waals surface area contributed by atoms with E-state index in [-0.39, 0.29) is 24.4 Å². The lowest BCUT2D eigenvalue weighted by atomic mass is 9.98. The van der Waals surface area contributed by atoms with Crippen LogP contribution in [-0.2, 0) is 12.8 Å². The zero-order chi connectivity index (χ0) is 15.4. The van der Waals surface area contributed by atoms with Crippen molar-refractivity contribution in [2.24, 2.45) is 0 Å². The van der Waals surface area contributed by atoms with E-state index in [1.54, 1.807) is 13.1 Å². The second kappa shape index (κ2) is 6.96. The van der Waals surface area contributed by atoms with Gasteiger partial charge in [0, 0.05) is 22.2 Å². The lowest BCUT2D eigenvalue weighted by molar-refractivity contribution is 0.494. The Bertz CT molecular complexity index is 537. The minimum atomic E-state index is -0.602. The van der Waals surface area contributed by atoms with Crippen LogP contribution in [-0.4, -0.2) is 13.1 Å².